The van der Waals surface area contributed by atoms with Gasteiger partial charge >= 0.3 is 0 Å². The zero-order valence-corrected chi connectivity index (χ0v) is 13.3. The average molecular weight is 349 g/mol. The van der Waals surface area contributed by atoms with E-state index in [9.17, 15) is 0 Å². The molecule has 0 fully saturated rings. The van der Waals surface area contributed by atoms with Gasteiger partial charge in [0.15, 0.2) is 0 Å². The van der Waals surface area contributed by atoms with Crippen molar-refractivity contribution in [2.75, 3.05) is 0 Å². The molecule has 106 valence electrons. The van der Waals surface area contributed by atoms with Crippen molar-refractivity contribution < 1.29 is 0 Å². The van der Waals surface area contributed by atoms with Crippen LogP contribution in [0.1, 0.15) is 0 Å². The second kappa shape index (κ2) is 5.43. The highest BCUT2D eigenvalue weighted by molar-refractivity contribution is 9.10. The van der Waals surface area contributed by atoms with Crippen LogP contribution in [0.5, 0.6) is 0 Å². The molecule has 1 aromatic heterocycles. The Hall–Kier alpha value is -2.39. The Morgan fingerprint density at radius 3 is 2.27 bits per heavy atom. The lowest BCUT2D eigenvalue weighted by molar-refractivity contribution is 1.30. The number of nitrogens with one attached hydrogen (secondary N) is 1. The number of H-pyrrole nitrogens is 1. The summed E-state index contributed by atoms with van der Waals surface area (Å²) >= 11 is 3.58. The first-order chi connectivity index (χ1) is 10.8. The second-order valence-corrected chi connectivity index (χ2v) is 5.97. The third-order valence-corrected chi connectivity index (χ3v) is 4.30. The van der Waals surface area contributed by atoms with E-state index in [4.69, 9.17) is 4.98 Å². The fourth-order valence-corrected chi connectivity index (χ4v) is 3.12. The van der Waals surface area contributed by atoms with Gasteiger partial charge in [0, 0.05) is 11.1 Å². The molecule has 0 saturated carbocycles. The van der Waals surface area contributed by atoms with Crippen molar-refractivity contribution in [3.05, 3.63) is 77.4 Å². The van der Waals surface area contributed by atoms with Gasteiger partial charge < -0.3 is 4.98 Å². The average Bonchev–Trinajstić information content (AvgIpc) is 2.97. The fraction of sp³-hybridized carbons (Fsp3) is 0. The summed E-state index contributed by atoms with van der Waals surface area (Å²) in [6.07, 6.45) is 0. The standard InChI is InChI=1S/C19H13BrN2/c20-18-17(14-7-2-1-3-8-14)21-19(22-18)16-11-10-13-6-4-5-9-15(13)12-16/h1-12H,(H,21,22). The molecule has 0 aliphatic carbocycles. The Kier molecular flexibility index (Phi) is 3.28. The number of imidazole rings is 1. The van der Waals surface area contributed by atoms with E-state index in [1.165, 1.54) is 10.8 Å². The number of hydrogen-bond donors (Lipinski definition) is 1. The summed E-state index contributed by atoms with van der Waals surface area (Å²) in [5, 5.41) is 2.45. The van der Waals surface area contributed by atoms with Gasteiger partial charge in [-0.2, -0.15) is 0 Å². The maximum atomic E-state index is 4.75. The zero-order chi connectivity index (χ0) is 14.9. The van der Waals surface area contributed by atoms with Crippen LogP contribution in [0, 0.1) is 0 Å². The van der Waals surface area contributed by atoms with Crippen molar-refractivity contribution in [3.63, 3.8) is 0 Å². The number of rotatable bonds is 2. The van der Waals surface area contributed by atoms with Crippen molar-refractivity contribution in [3.8, 4) is 22.6 Å². The van der Waals surface area contributed by atoms with Crippen LogP contribution in [-0.2, 0) is 0 Å². The molecule has 22 heavy (non-hydrogen) atoms. The Bertz CT molecular complexity index is 942. The number of nitrogens with zero attached hydrogens (tertiary/aromatic N) is 1. The molecule has 0 spiro atoms. The van der Waals surface area contributed by atoms with Gasteiger partial charge in [-0.1, -0.05) is 66.7 Å². The first-order valence-corrected chi connectivity index (χ1v) is 7.91. The lowest BCUT2D eigenvalue weighted by Crippen LogP contribution is -1.82. The highest BCUT2D eigenvalue weighted by Crippen LogP contribution is 2.30. The molecule has 0 aliphatic rings. The molecule has 0 saturated heterocycles. The predicted octanol–water partition coefficient (Wildman–Crippen LogP) is 5.66. The fourth-order valence-electron chi connectivity index (χ4n) is 2.61. The van der Waals surface area contributed by atoms with Crippen LogP contribution in [0.15, 0.2) is 77.4 Å². The number of aromatic nitrogens is 2. The summed E-state index contributed by atoms with van der Waals surface area (Å²) in [4.78, 5) is 8.08. The van der Waals surface area contributed by atoms with Gasteiger partial charge in [0.1, 0.15) is 16.1 Å². The number of aromatic amines is 1. The molecule has 1 heterocycles. The van der Waals surface area contributed by atoms with Gasteiger partial charge in [0.2, 0.25) is 0 Å². The van der Waals surface area contributed by atoms with Gasteiger partial charge in [0.25, 0.3) is 0 Å². The predicted molar refractivity (Wildman–Crippen MR) is 94.7 cm³/mol. The van der Waals surface area contributed by atoms with E-state index in [0.29, 0.717) is 0 Å². The van der Waals surface area contributed by atoms with E-state index in [1.54, 1.807) is 0 Å². The summed E-state index contributed by atoms with van der Waals surface area (Å²) in [7, 11) is 0. The van der Waals surface area contributed by atoms with Crippen molar-refractivity contribution in [2.24, 2.45) is 0 Å². The highest BCUT2D eigenvalue weighted by Gasteiger charge is 2.11. The normalized spacial score (nSPS) is 11.0. The van der Waals surface area contributed by atoms with Crippen molar-refractivity contribution in [2.45, 2.75) is 0 Å². The molecule has 4 aromatic rings. The SMILES string of the molecule is Brc1[nH]c(-c2ccc3ccccc3c2)nc1-c1ccccc1. The molecule has 0 bridgehead atoms. The van der Waals surface area contributed by atoms with Crippen LogP contribution in [-0.4, -0.2) is 9.97 Å². The van der Waals surface area contributed by atoms with Crippen LogP contribution in [0.3, 0.4) is 0 Å². The first-order valence-electron chi connectivity index (χ1n) is 7.11. The smallest absolute Gasteiger partial charge is 0.138 e. The Morgan fingerprint density at radius 1 is 0.727 bits per heavy atom. The lowest BCUT2D eigenvalue weighted by atomic mass is 10.1. The third kappa shape index (κ3) is 2.34. The van der Waals surface area contributed by atoms with Crippen molar-refractivity contribution in [1.29, 1.82) is 0 Å². The maximum Gasteiger partial charge on any atom is 0.138 e. The molecule has 0 radical (unpaired) electrons. The van der Waals surface area contributed by atoms with Gasteiger partial charge in [-0.25, -0.2) is 4.98 Å². The molecule has 3 aromatic carbocycles. The Labute approximate surface area is 137 Å². The summed E-state index contributed by atoms with van der Waals surface area (Å²) < 4.78 is 0.904. The van der Waals surface area contributed by atoms with Crippen LogP contribution in [0.25, 0.3) is 33.4 Å². The Balaban J connectivity index is 1.82. The highest BCUT2D eigenvalue weighted by atomic mass is 79.9. The summed E-state index contributed by atoms with van der Waals surface area (Å²) in [5.41, 5.74) is 3.11. The van der Waals surface area contributed by atoms with Gasteiger partial charge in [0.05, 0.1) is 0 Å². The number of benzene rings is 3. The van der Waals surface area contributed by atoms with Crippen LogP contribution in [0.4, 0.5) is 0 Å². The van der Waals surface area contributed by atoms with Crippen LogP contribution in [0.2, 0.25) is 0 Å². The Morgan fingerprint density at radius 2 is 1.45 bits per heavy atom. The van der Waals surface area contributed by atoms with E-state index in [1.807, 2.05) is 18.2 Å². The minimum absolute atomic E-state index is 0.872. The third-order valence-electron chi connectivity index (χ3n) is 3.73. The molecular formula is C19H13BrN2. The van der Waals surface area contributed by atoms with E-state index in [2.05, 4.69) is 75.5 Å². The number of hydrogen-bond acceptors (Lipinski definition) is 1. The van der Waals surface area contributed by atoms with Crippen molar-refractivity contribution >= 4 is 26.7 Å². The summed E-state index contributed by atoms with van der Waals surface area (Å²) in [6.45, 7) is 0. The second-order valence-electron chi connectivity index (χ2n) is 5.18. The summed E-state index contributed by atoms with van der Waals surface area (Å²) in [6, 6.07) is 24.9. The molecular weight excluding hydrogens is 336 g/mol. The first kappa shape index (κ1) is 13.3. The van der Waals surface area contributed by atoms with E-state index in [0.717, 1.165) is 27.2 Å². The molecule has 2 nitrogen and oxygen atoms in total. The van der Waals surface area contributed by atoms with Crippen molar-refractivity contribution in [1.82, 2.24) is 9.97 Å². The maximum absolute atomic E-state index is 4.75. The number of fused-ring (bicyclic) bond motifs is 1. The minimum Gasteiger partial charge on any atom is -0.332 e. The molecule has 3 heteroatoms. The zero-order valence-electron chi connectivity index (χ0n) is 11.8. The van der Waals surface area contributed by atoms with Crippen LogP contribution >= 0.6 is 15.9 Å². The van der Waals surface area contributed by atoms with Gasteiger partial charge in [-0.3, -0.25) is 0 Å². The number of halogens is 1. The molecule has 4 rings (SSSR count). The van der Waals surface area contributed by atoms with Gasteiger partial charge in [-0.15, -0.1) is 0 Å². The molecule has 1 N–H and O–H groups in total. The topological polar surface area (TPSA) is 28.7 Å². The van der Waals surface area contributed by atoms with E-state index in [-0.39, 0.29) is 0 Å². The van der Waals surface area contributed by atoms with Crippen LogP contribution < -0.4 is 0 Å². The largest absolute Gasteiger partial charge is 0.332 e. The lowest BCUT2D eigenvalue weighted by Gasteiger charge is -2.00. The minimum atomic E-state index is 0.872. The monoisotopic (exact) mass is 348 g/mol. The molecule has 0 unspecified atom stereocenters. The quantitative estimate of drug-likeness (QED) is 0.497. The molecule has 0 amide bonds. The van der Waals surface area contributed by atoms with E-state index >= 15 is 0 Å². The van der Waals surface area contributed by atoms with Gasteiger partial charge in [-0.05, 0) is 32.8 Å². The summed E-state index contributed by atoms with van der Waals surface area (Å²) in [5.74, 6) is 0.872. The molecule has 0 aliphatic heterocycles. The van der Waals surface area contributed by atoms with E-state index < -0.39 is 0 Å². The molecule has 0 atom stereocenters.